The molecular weight excluding hydrogens is 212 g/mol. The largest absolute Gasteiger partial charge is 0.325 e. The van der Waals surface area contributed by atoms with Gasteiger partial charge in [0.2, 0.25) is 0 Å². The van der Waals surface area contributed by atoms with Crippen molar-refractivity contribution in [3.63, 3.8) is 0 Å². The molecule has 2 saturated heterocycles. The van der Waals surface area contributed by atoms with Gasteiger partial charge >= 0.3 is 6.03 Å². The summed E-state index contributed by atoms with van der Waals surface area (Å²) < 4.78 is 0. The van der Waals surface area contributed by atoms with Crippen LogP contribution in [0.15, 0.2) is 0 Å². The second-order valence-corrected chi connectivity index (χ2v) is 6.00. The smallest absolute Gasteiger partial charge is 0.320 e. The van der Waals surface area contributed by atoms with Crippen LogP contribution in [0.5, 0.6) is 0 Å². The van der Waals surface area contributed by atoms with Crippen LogP contribution in [-0.2, 0) is 0 Å². The first-order chi connectivity index (χ1) is 8.16. The van der Waals surface area contributed by atoms with Crippen LogP contribution in [0.3, 0.4) is 0 Å². The normalized spacial score (nSPS) is 31.2. The van der Waals surface area contributed by atoms with Crippen LogP contribution in [0, 0.1) is 11.8 Å². The monoisotopic (exact) mass is 238 g/mol. The van der Waals surface area contributed by atoms with E-state index in [0.717, 1.165) is 32.1 Å². The minimum atomic E-state index is 0.297. The third-order valence-corrected chi connectivity index (χ3v) is 4.21. The SMILES string of the molecule is CC1CCCN(C(=O)N2CCCC(C)C2)CC1. The van der Waals surface area contributed by atoms with Gasteiger partial charge in [0.1, 0.15) is 0 Å². The number of piperidine rings is 1. The van der Waals surface area contributed by atoms with E-state index in [1.54, 1.807) is 0 Å². The summed E-state index contributed by atoms with van der Waals surface area (Å²) in [7, 11) is 0. The summed E-state index contributed by atoms with van der Waals surface area (Å²) in [6, 6.07) is 0.297. The molecule has 2 fully saturated rings. The van der Waals surface area contributed by atoms with Crippen LogP contribution in [0.25, 0.3) is 0 Å². The predicted octanol–water partition coefficient (Wildman–Crippen LogP) is 2.96. The second kappa shape index (κ2) is 5.74. The maximum absolute atomic E-state index is 12.4. The molecule has 2 aliphatic heterocycles. The van der Waals surface area contributed by atoms with Gasteiger partial charge < -0.3 is 9.80 Å². The maximum atomic E-state index is 12.4. The Hall–Kier alpha value is -0.730. The van der Waals surface area contributed by atoms with Crippen LogP contribution >= 0.6 is 0 Å². The van der Waals surface area contributed by atoms with Crippen molar-refractivity contribution in [2.75, 3.05) is 26.2 Å². The zero-order chi connectivity index (χ0) is 12.3. The molecule has 3 nitrogen and oxygen atoms in total. The number of nitrogens with zero attached hydrogens (tertiary/aromatic N) is 2. The summed E-state index contributed by atoms with van der Waals surface area (Å²) >= 11 is 0. The molecule has 2 aliphatic rings. The Morgan fingerprint density at radius 2 is 1.53 bits per heavy atom. The van der Waals surface area contributed by atoms with Crippen molar-refractivity contribution in [2.24, 2.45) is 11.8 Å². The van der Waals surface area contributed by atoms with Gasteiger partial charge in [-0.3, -0.25) is 0 Å². The fraction of sp³-hybridized carbons (Fsp3) is 0.929. The minimum Gasteiger partial charge on any atom is -0.325 e. The van der Waals surface area contributed by atoms with E-state index < -0.39 is 0 Å². The Morgan fingerprint density at radius 1 is 0.882 bits per heavy atom. The van der Waals surface area contributed by atoms with Crippen LogP contribution in [0.1, 0.15) is 46.0 Å². The molecule has 0 aromatic heterocycles. The molecule has 0 radical (unpaired) electrons. The standard InChI is InChI=1S/C14H26N2O/c1-12-5-3-8-15(10-7-12)14(17)16-9-4-6-13(2)11-16/h12-13H,3-11H2,1-2H3. The van der Waals surface area contributed by atoms with Crippen molar-refractivity contribution in [1.82, 2.24) is 9.80 Å². The van der Waals surface area contributed by atoms with E-state index in [2.05, 4.69) is 23.6 Å². The molecule has 0 aromatic rings. The van der Waals surface area contributed by atoms with E-state index in [1.165, 1.54) is 32.1 Å². The molecule has 98 valence electrons. The van der Waals surface area contributed by atoms with Crippen LogP contribution in [0.2, 0.25) is 0 Å². The Bertz CT molecular complexity index is 267. The molecule has 0 aromatic carbocycles. The summed E-state index contributed by atoms with van der Waals surface area (Å²) in [5.41, 5.74) is 0. The van der Waals surface area contributed by atoms with E-state index in [9.17, 15) is 4.79 Å². The van der Waals surface area contributed by atoms with Gasteiger partial charge in [-0.2, -0.15) is 0 Å². The van der Waals surface area contributed by atoms with Crippen molar-refractivity contribution in [2.45, 2.75) is 46.0 Å². The fourth-order valence-corrected chi connectivity index (χ4v) is 3.02. The molecule has 2 heterocycles. The third kappa shape index (κ3) is 3.36. The predicted molar refractivity (Wildman–Crippen MR) is 70.0 cm³/mol. The zero-order valence-corrected chi connectivity index (χ0v) is 11.3. The van der Waals surface area contributed by atoms with E-state index in [1.807, 2.05) is 0 Å². The summed E-state index contributed by atoms with van der Waals surface area (Å²) in [6.07, 6.45) is 6.09. The molecule has 0 aliphatic carbocycles. The quantitative estimate of drug-likeness (QED) is 0.636. The number of carbonyl (C=O) groups excluding carboxylic acids is 1. The van der Waals surface area contributed by atoms with Crippen LogP contribution in [0.4, 0.5) is 4.79 Å². The Kier molecular flexibility index (Phi) is 4.30. The molecule has 17 heavy (non-hydrogen) atoms. The van der Waals surface area contributed by atoms with Gasteiger partial charge in [-0.15, -0.1) is 0 Å². The first-order valence-electron chi connectivity index (χ1n) is 7.20. The molecule has 2 atom stereocenters. The Balaban J connectivity index is 1.89. The highest BCUT2D eigenvalue weighted by atomic mass is 16.2. The van der Waals surface area contributed by atoms with Gasteiger partial charge in [0.25, 0.3) is 0 Å². The second-order valence-electron chi connectivity index (χ2n) is 6.00. The van der Waals surface area contributed by atoms with Crippen molar-refractivity contribution >= 4 is 6.03 Å². The van der Waals surface area contributed by atoms with Gasteiger partial charge in [0.15, 0.2) is 0 Å². The van der Waals surface area contributed by atoms with Crippen molar-refractivity contribution < 1.29 is 4.79 Å². The van der Waals surface area contributed by atoms with Gasteiger partial charge in [0.05, 0.1) is 0 Å². The third-order valence-electron chi connectivity index (χ3n) is 4.21. The van der Waals surface area contributed by atoms with E-state index >= 15 is 0 Å². The number of amides is 2. The highest BCUT2D eigenvalue weighted by molar-refractivity contribution is 5.74. The molecule has 0 bridgehead atoms. The Labute approximate surface area is 105 Å². The van der Waals surface area contributed by atoms with E-state index in [4.69, 9.17) is 0 Å². The lowest BCUT2D eigenvalue weighted by molar-refractivity contribution is 0.132. The van der Waals surface area contributed by atoms with E-state index in [-0.39, 0.29) is 0 Å². The van der Waals surface area contributed by atoms with Gasteiger partial charge in [-0.25, -0.2) is 4.79 Å². The molecule has 0 saturated carbocycles. The average molecular weight is 238 g/mol. The molecule has 0 spiro atoms. The number of hydrogen-bond acceptors (Lipinski definition) is 1. The highest BCUT2D eigenvalue weighted by Gasteiger charge is 2.26. The molecule has 2 amide bonds. The lowest BCUT2D eigenvalue weighted by Gasteiger charge is -2.35. The lowest BCUT2D eigenvalue weighted by atomic mass is 10.0. The van der Waals surface area contributed by atoms with Gasteiger partial charge in [0, 0.05) is 26.2 Å². The molecule has 2 rings (SSSR count). The van der Waals surface area contributed by atoms with Crippen molar-refractivity contribution in [3.8, 4) is 0 Å². The first-order valence-corrected chi connectivity index (χ1v) is 7.20. The van der Waals surface area contributed by atoms with Crippen LogP contribution < -0.4 is 0 Å². The Morgan fingerprint density at radius 3 is 2.24 bits per heavy atom. The van der Waals surface area contributed by atoms with Crippen molar-refractivity contribution in [1.29, 1.82) is 0 Å². The molecular formula is C14H26N2O. The zero-order valence-electron chi connectivity index (χ0n) is 11.3. The number of urea groups is 1. The summed E-state index contributed by atoms with van der Waals surface area (Å²) in [4.78, 5) is 16.6. The van der Waals surface area contributed by atoms with Crippen LogP contribution in [-0.4, -0.2) is 42.0 Å². The topological polar surface area (TPSA) is 23.6 Å². The summed E-state index contributed by atoms with van der Waals surface area (Å²) in [5, 5.41) is 0. The maximum Gasteiger partial charge on any atom is 0.320 e. The first kappa shape index (κ1) is 12.7. The highest BCUT2D eigenvalue weighted by Crippen LogP contribution is 2.20. The number of rotatable bonds is 0. The number of hydrogen-bond donors (Lipinski definition) is 0. The summed E-state index contributed by atoms with van der Waals surface area (Å²) in [6.45, 7) is 8.42. The molecule has 2 unspecified atom stereocenters. The molecule has 0 N–H and O–H groups in total. The van der Waals surface area contributed by atoms with Crippen molar-refractivity contribution in [3.05, 3.63) is 0 Å². The molecule has 3 heteroatoms. The number of likely N-dealkylation sites (tertiary alicyclic amines) is 2. The summed E-state index contributed by atoms with van der Waals surface area (Å²) in [5.74, 6) is 1.46. The van der Waals surface area contributed by atoms with E-state index in [0.29, 0.717) is 11.9 Å². The average Bonchev–Trinajstić information content (AvgIpc) is 2.53. The minimum absolute atomic E-state index is 0.297. The van der Waals surface area contributed by atoms with Gasteiger partial charge in [-0.1, -0.05) is 13.8 Å². The van der Waals surface area contributed by atoms with Gasteiger partial charge in [-0.05, 0) is 43.9 Å². The lowest BCUT2D eigenvalue weighted by Crippen LogP contribution is -2.47. The number of carbonyl (C=O) groups is 1. The fourth-order valence-electron chi connectivity index (χ4n) is 3.02.